The highest BCUT2D eigenvalue weighted by molar-refractivity contribution is 5.82. The van der Waals surface area contributed by atoms with Crippen molar-refractivity contribution in [3.63, 3.8) is 0 Å². The highest BCUT2D eigenvalue weighted by Crippen LogP contribution is 2.29. The zero-order valence-electron chi connectivity index (χ0n) is 22.7. The minimum absolute atomic E-state index is 0.110. The van der Waals surface area contributed by atoms with Gasteiger partial charge in [-0.2, -0.15) is 10.2 Å². The van der Waals surface area contributed by atoms with Crippen LogP contribution in [0.25, 0.3) is 22.8 Å². The smallest absolute Gasteiger partial charge is 0.408 e. The molecule has 10 heteroatoms. The molecular weight excluding hydrogens is 498 g/mol. The van der Waals surface area contributed by atoms with Crippen molar-refractivity contribution in [2.24, 2.45) is 0 Å². The van der Waals surface area contributed by atoms with E-state index in [9.17, 15) is 14.9 Å². The quantitative estimate of drug-likeness (QED) is 0.471. The summed E-state index contributed by atoms with van der Waals surface area (Å²) in [4.78, 5) is 30.9. The van der Waals surface area contributed by atoms with E-state index in [2.05, 4.69) is 21.5 Å². The van der Waals surface area contributed by atoms with E-state index < -0.39 is 11.7 Å². The molecule has 0 spiro atoms. The standard InChI is InChI=1S/C29H33N5O5/c1-5-14-37-24-9-8-22(16-23(24)17-30)27-32-26(33-39-27)21-7-6-19-10-12-34(13-11-20(19)15-21)25(35)18-31-28(36)38-29(2,3)4/h6-9,15-16H,5,10-14,18H2,1-4H3,(H,31,36). The van der Waals surface area contributed by atoms with Crippen LogP contribution >= 0.6 is 0 Å². The lowest BCUT2D eigenvalue weighted by molar-refractivity contribution is -0.130. The third-order valence-electron chi connectivity index (χ3n) is 6.14. The van der Waals surface area contributed by atoms with Gasteiger partial charge in [0.15, 0.2) is 0 Å². The second kappa shape index (κ2) is 12.0. The number of nitrogens with one attached hydrogen (secondary N) is 1. The van der Waals surface area contributed by atoms with Crippen molar-refractivity contribution in [1.82, 2.24) is 20.4 Å². The van der Waals surface area contributed by atoms with E-state index in [1.54, 1.807) is 43.9 Å². The molecule has 0 radical (unpaired) electrons. The van der Waals surface area contributed by atoms with Crippen molar-refractivity contribution in [3.05, 3.63) is 53.1 Å². The molecule has 1 aliphatic heterocycles. The summed E-state index contributed by atoms with van der Waals surface area (Å²) in [5, 5.41) is 16.2. The lowest BCUT2D eigenvalue weighted by Crippen LogP contribution is -2.42. The topological polar surface area (TPSA) is 131 Å². The Morgan fingerprint density at radius 1 is 1.10 bits per heavy atom. The number of ether oxygens (including phenoxy) is 2. The van der Waals surface area contributed by atoms with Crippen molar-refractivity contribution in [1.29, 1.82) is 5.26 Å². The van der Waals surface area contributed by atoms with E-state index in [0.29, 0.717) is 61.1 Å². The van der Waals surface area contributed by atoms with Crippen LogP contribution in [0.1, 0.15) is 50.8 Å². The lowest BCUT2D eigenvalue weighted by atomic mass is 10.00. The van der Waals surface area contributed by atoms with E-state index in [1.165, 1.54) is 0 Å². The third kappa shape index (κ3) is 7.13. The summed E-state index contributed by atoms with van der Waals surface area (Å²) in [5.41, 5.74) is 3.49. The Morgan fingerprint density at radius 3 is 2.56 bits per heavy atom. The maximum Gasteiger partial charge on any atom is 0.408 e. The number of aromatic nitrogens is 2. The van der Waals surface area contributed by atoms with Crippen molar-refractivity contribution >= 4 is 12.0 Å². The molecule has 2 amide bonds. The Kier molecular flexibility index (Phi) is 8.49. The summed E-state index contributed by atoms with van der Waals surface area (Å²) in [6.07, 6.45) is 1.61. The molecule has 0 unspecified atom stereocenters. The van der Waals surface area contributed by atoms with Crippen LogP contribution in [0.4, 0.5) is 4.79 Å². The van der Waals surface area contributed by atoms with Gasteiger partial charge in [-0.15, -0.1) is 0 Å². The minimum Gasteiger partial charge on any atom is -0.492 e. The summed E-state index contributed by atoms with van der Waals surface area (Å²) < 4.78 is 16.3. The number of amides is 2. The maximum absolute atomic E-state index is 12.7. The van der Waals surface area contributed by atoms with E-state index >= 15 is 0 Å². The van der Waals surface area contributed by atoms with E-state index in [1.807, 2.05) is 25.1 Å². The molecular formula is C29H33N5O5. The Hall–Kier alpha value is -4.39. The summed E-state index contributed by atoms with van der Waals surface area (Å²) in [7, 11) is 0. The number of carbonyl (C=O) groups excluding carboxylic acids is 2. The molecule has 10 nitrogen and oxygen atoms in total. The van der Waals surface area contributed by atoms with Gasteiger partial charge in [0.05, 0.1) is 12.2 Å². The average Bonchev–Trinajstić information content (AvgIpc) is 3.30. The van der Waals surface area contributed by atoms with Crippen LogP contribution in [-0.2, 0) is 22.4 Å². The normalized spacial score (nSPS) is 13.2. The van der Waals surface area contributed by atoms with Gasteiger partial charge in [0.2, 0.25) is 11.7 Å². The van der Waals surface area contributed by atoms with Gasteiger partial charge in [-0.1, -0.05) is 24.2 Å². The molecule has 1 N–H and O–H groups in total. The van der Waals surface area contributed by atoms with E-state index in [-0.39, 0.29) is 12.5 Å². The number of benzene rings is 2. The second-order valence-electron chi connectivity index (χ2n) is 10.3. The van der Waals surface area contributed by atoms with Crippen molar-refractivity contribution in [2.75, 3.05) is 26.2 Å². The van der Waals surface area contributed by atoms with Gasteiger partial charge in [-0.3, -0.25) is 4.79 Å². The summed E-state index contributed by atoms with van der Waals surface area (Å²) in [5.74, 6) is 1.13. The van der Waals surface area contributed by atoms with Crippen LogP contribution in [0.2, 0.25) is 0 Å². The van der Waals surface area contributed by atoms with Gasteiger partial charge in [-0.05, 0) is 75.4 Å². The monoisotopic (exact) mass is 531 g/mol. The minimum atomic E-state index is -0.623. The molecule has 1 aromatic heterocycles. The third-order valence-corrected chi connectivity index (χ3v) is 6.14. The van der Waals surface area contributed by atoms with Gasteiger partial charge in [0.25, 0.3) is 5.89 Å². The lowest BCUT2D eigenvalue weighted by Gasteiger charge is -2.22. The number of nitrogens with zero attached hydrogens (tertiary/aromatic N) is 4. The predicted octanol–water partition coefficient (Wildman–Crippen LogP) is 4.52. The Labute approximate surface area is 227 Å². The zero-order valence-corrected chi connectivity index (χ0v) is 22.7. The largest absolute Gasteiger partial charge is 0.492 e. The molecule has 39 heavy (non-hydrogen) atoms. The van der Waals surface area contributed by atoms with Gasteiger partial charge >= 0.3 is 6.09 Å². The number of fused-ring (bicyclic) bond motifs is 1. The fourth-order valence-electron chi connectivity index (χ4n) is 4.23. The van der Waals surface area contributed by atoms with Crippen LogP contribution in [0.5, 0.6) is 5.75 Å². The molecule has 2 aromatic carbocycles. The molecule has 4 rings (SSSR count). The predicted molar refractivity (Wildman–Crippen MR) is 144 cm³/mol. The van der Waals surface area contributed by atoms with Gasteiger partial charge in [-0.25, -0.2) is 4.79 Å². The fourth-order valence-corrected chi connectivity index (χ4v) is 4.23. The molecule has 2 heterocycles. The van der Waals surface area contributed by atoms with Crippen molar-refractivity contribution in [2.45, 2.75) is 52.6 Å². The van der Waals surface area contributed by atoms with Crippen LogP contribution in [0, 0.1) is 11.3 Å². The van der Waals surface area contributed by atoms with Gasteiger partial charge in [0, 0.05) is 24.2 Å². The second-order valence-corrected chi connectivity index (χ2v) is 10.3. The Bertz CT molecular complexity index is 1390. The molecule has 0 bridgehead atoms. The number of alkyl carbamates (subject to hydrolysis) is 1. The summed E-state index contributed by atoms with van der Waals surface area (Å²) >= 11 is 0. The number of hydrogen-bond acceptors (Lipinski definition) is 8. The number of hydrogen-bond donors (Lipinski definition) is 1. The molecule has 204 valence electrons. The number of carbonyl (C=O) groups is 2. The molecule has 0 aliphatic carbocycles. The highest BCUT2D eigenvalue weighted by Gasteiger charge is 2.22. The fraction of sp³-hybridized carbons (Fsp3) is 0.414. The molecule has 1 aliphatic rings. The number of rotatable bonds is 7. The van der Waals surface area contributed by atoms with Crippen LogP contribution in [-0.4, -0.2) is 58.9 Å². The SMILES string of the molecule is CCCOc1ccc(-c2nc(-c3ccc4c(c3)CCN(C(=O)CNC(=O)OC(C)(C)C)CC4)no2)cc1C#N. The van der Waals surface area contributed by atoms with Gasteiger partial charge < -0.3 is 24.2 Å². The van der Waals surface area contributed by atoms with Crippen LogP contribution in [0.15, 0.2) is 40.9 Å². The highest BCUT2D eigenvalue weighted by atomic mass is 16.6. The number of nitriles is 1. The first-order valence-corrected chi connectivity index (χ1v) is 13.0. The van der Waals surface area contributed by atoms with Crippen LogP contribution in [0.3, 0.4) is 0 Å². The molecule has 0 saturated heterocycles. The van der Waals surface area contributed by atoms with Gasteiger partial charge in [0.1, 0.15) is 24.0 Å². The van der Waals surface area contributed by atoms with E-state index in [4.69, 9.17) is 14.0 Å². The zero-order chi connectivity index (χ0) is 28.0. The first kappa shape index (κ1) is 27.6. The van der Waals surface area contributed by atoms with Crippen molar-refractivity contribution in [3.8, 4) is 34.7 Å². The maximum atomic E-state index is 12.7. The molecule has 0 atom stereocenters. The molecule has 3 aromatic rings. The van der Waals surface area contributed by atoms with Crippen LogP contribution < -0.4 is 10.1 Å². The Morgan fingerprint density at radius 2 is 1.85 bits per heavy atom. The first-order valence-electron chi connectivity index (χ1n) is 13.0. The molecule has 0 fully saturated rings. The van der Waals surface area contributed by atoms with E-state index in [0.717, 1.165) is 23.1 Å². The van der Waals surface area contributed by atoms with Crippen molar-refractivity contribution < 1.29 is 23.6 Å². The first-order chi connectivity index (χ1) is 18.7. The molecule has 0 saturated carbocycles. The summed E-state index contributed by atoms with van der Waals surface area (Å²) in [6, 6.07) is 13.4. The summed E-state index contributed by atoms with van der Waals surface area (Å²) in [6.45, 7) is 8.85. The average molecular weight is 532 g/mol. The Balaban J connectivity index is 1.42.